The van der Waals surface area contributed by atoms with Gasteiger partial charge >= 0.3 is 0 Å². The second-order valence-electron chi connectivity index (χ2n) is 4.09. The number of hydrogen-bond acceptors (Lipinski definition) is 3. The lowest BCUT2D eigenvalue weighted by atomic mass is 9.84. The zero-order valence-corrected chi connectivity index (χ0v) is 10.0. The Morgan fingerprint density at radius 2 is 1.56 bits per heavy atom. The van der Waals surface area contributed by atoms with Crippen molar-refractivity contribution in [3.63, 3.8) is 0 Å². The smallest absolute Gasteiger partial charge is 0.227 e. The summed E-state index contributed by atoms with van der Waals surface area (Å²) in [7, 11) is 3.13. The minimum absolute atomic E-state index is 0.386. The van der Waals surface area contributed by atoms with E-state index < -0.39 is 5.41 Å². The van der Waals surface area contributed by atoms with Crippen molar-refractivity contribution in [1.29, 1.82) is 0 Å². The quantitative estimate of drug-likeness (QED) is 0.840. The molecule has 16 heavy (non-hydrogen) atoms. The molecule has 0 bridgehead atoms. The Hall–Kier alpha value is -1.71. The van der Waals surface area contributed by atoms with E-state index in [1.54, 1.807) is 46.3 Å². The molecule has 0 heterocycles. The van der Waals surface area contributed by atoms with Crippen molar-refractivity contribution in [3.05, 3.63) is 23.8 Å². The Morgan fingerprint density at radius 1 is 1.12 bits per heavy atom. The highest BCUT2D eigenvalue weighted by molar-refractivity contribution is 5.86. The van der Waals surface area contributed by atoms with Crippen molar-refractivity contribution in [3.8, 4) is 11.5 Å². The van der Waals surface area contributed by atoms with E-state index in [1.165, 1.54) is 0 Å². The van der Waals surface area contributed by atoms with Gasteiger partial charge in [-0.15, -0.1) is 0 Å². The van der Waals surface area contributed by atoms with Gasteiger partial charge in [-0.2, -0.15) is 0 Å². The molecular formula is C12H17NO3. The molecule has 1 rings (SSSR count). The molecule has 0 atom stereocenters. The maximum Gasteiger partial charge on any atom is 0.227 e. The van der Waals surface area contributed by atoms with Gasteiger partial charge in [0.15, 0.2) is 0 Å². The van der Waals surface area contributed by atoms with Crippen molar-refractivity contribution in [2.24, 2.45) is 5.73 Å². The summed E-state index contributed by atoms with van der Waals surface area (Å²) in [6.07, 6.45) is 0. The van der Waals surface area contributed by atoms with E-state index in [4.69, 9.17) is 15.2 Å². The molecule has 0 radical (unpaired) electrons. The summed E-state index contributed by atoms with van der Waals surface area (Å²) >= 11 is 0. The minimum Gasteiger partial charge on any atom is -0.497 e. The molecule has 4 nitrogen and oxygen atoms in total. The Balaban J connectivity index is 3.27. The molecule has 88 valence electrons. The molecule has 2 N–H and O–H groups in total. The molecule has 1 aromatic rings. The molecule has 0 fully saturated rings. The van der Waals surface area contributed by atoms with Gasteiger partial charge in [-0.1, -0.05) is 0 Å². The van der Waals surface area contributed by atoms with Crippen LogP contribution < -0.4 is 15.2 Å². The molecule has 0 aliphatic heterocycles. The maximum atomic E-state index is 11.4. The van der Waals surface area contributed by atoms with Crippen molar-refractivity contribution in [1.82, 2.24) is 0 Å². The number of carbonyl (C=O) groups excluding carboxylic acids is 1. The summed E-state index contributed by atoms with van der Waals surface area (Å²) in [6.45, 7) is 3.53. The highest BCUT2D eigenvalue weighted by Crippen LogP contribution is 2.30. The molecule has 1 aromatic carbocycles. The fourth-order valence-corrected chi connectivity index (χ4v) is 1.31. The standard InChI is InChI=1S/C12H17NO3/c1-12(2,11(13)14)8-5-9(15-3)7-10(6-8)16-4/h5-7H,1-4H3,(H2,13,14). The zero-order chi connectivity index (χ0) is 12.3. The van der Waals surface area contributed by atoms with Gasteiger partial charge in [-0.3, -0.25) is 4.79 Å². The monoisotopic (exact) mass is 223 g/mol. The van der Waals surface area contributed by atoms with Crippen LogP contribution in [0.5, 0.6) is 11.5 Å². The molecule has 0 aliphatic rings. The molecule has 4 heteroatoms. The summed E-state index contributed by atoms with van der Waals surface area (Å²) in [5, 5.41) is 0. The first kappa shape index (κ1) is 12.4. The molecule has 1 amide bonds. The fourth-order valence-electron chi connectivity index (χ4n) is 1.31. The average molecular weight is 223 g/mol. The van der Waals surface area contributed by atoms with Crippen LogP contribution >= 0.6 is 0 Å². The van der Waals surface area contributed by atoms with E-state index in [1.807, 2.05) is 0 Å². The van der Waals surface area contributed by atoms with Gasteiger partial charge in [0.2, 0.25) is 5.91 Å². The third kappa shape index (κ3) is 2.27. The van der Waals surface area contributed by atoms with Gasteiger partial charge in [-0.25, -0.2) is 0 Å². The van der Waals surface area contributed by atoms with Crippen LogP contribution in [0.1, 0.15) is 19.4 Å². The predicted molar refractivity (Wildman–Crippen MR) is 61.8 cm³/mol. The van der Waals surface area contributed by atoms with Crippen LogP contribution in [0.3, 0.4) is 0 Å². The SMILES string of the molecule is COc1cc(OC)cc(C(C)(C)C(N)=O)c1. The first-order chi connectivity index (χ1) is 7.41. The fraction of sp³-hybridized carbons (Fsp3) is 0.417. The Bertz CT molecular complexity index is 377. The summed E-state index contributed by atoms with van der Waals surface area (Å²) in [4.78, 5) is 11.4. The van der Waals surface area contributed by atoms with Gasteiger partial charge in [0.25, 0.3) is 0 Å². The van der Waals surface area contributed by atoms with Gasteiger partial charge in [0, 0.05) is 6.07 Å². The number of ether oxygens (including phenoxy) is 2. The highest BCUT2D eigenvalue weighted by Gasteiger charge is 2.28. The number of amides is 1. The summed E-state index contributed by atoms with van der Waals surface area (Å²) in [5.41, 5.74) is 5.39. The lowest BCUT2D eigenvalue weighted by Crippen LogP contribution is -2.35. The van der Waals surface area contributed by atoms with Crippen molar-refractivity contribution in [2.45, 2.75) is 19.3 Å². The third-order valence-corrected chi connectivity index (χ3v) is 2.69. The van der Waals surface area contributed by atoms with Gasteiger partial charge in [-0.05, 0) is 31.5 Å². The van der Waals surface area contributed by atoms with Crippen LogP contribution in [0.25, 0.3) is 0 Å². The number of carbonyl (C=O) groups is 1. The number of rotatable bonds is 4. The molecule has 0 saturated heterocycles. The molecular weight excluding hydrogens is 206 g/mol. The van der Waals surface area contributed by atoms with E-state index in [-0.39, 0.29) is 5.91 Å². The molecule has 0 unspecified atom stereocenters. The van der Waals surface area contributed by atoms with Gasteiger partial charge in [0.1, 0.15) is 11.5 Å². The second-order valence-corrected chi connectivity index (χ2v) is 4.09. The number of nitrogens with two attached hydrogens (primary N) is 1. The first-order valence-electron chi connectivity index (χ1n) is 4.95. The van der Waals surface area contributed by atoms with E-state index in [0.29, 0.717) is 11.5 Å². The lowest BCUT2D eigenvalue weighted by molar-refractivity contribution is -0.122. The van der Waals surface area contributed by atoms with Crippen LogP contribution in [-0.2, 0) is 10.2 Å². The van der Waals surface area contributed by atoms with Crippen molar-refractivity contribution >= 4 is 5.91 Å². The van der Waals surface area contributed by atoms with E-state index in [2.05, 4.69) is 0 Å². The molecule has 0 aliphatic carbocycles. The maximum absolute atomic E-state index is 11.4. The van der Waals surface area contributed by atoms with Crippen molar-refractivity contribution in [2.75, 3.05) is 14.2 Å². The van der Waals surface area contributed by atoms with Crippen LogP contribution in [-0.4, -0.2) is 20.1 Å². The molecule has 0 saturated carbocycles. The van der Waals surface area contributed by atoms with Crippen LogP contribution in [0.2, 0.25) is 0 Å². The topological polar surface area (TPSA) is 61.6 Å². The van der Waals surface area contributed by atoms with E-state index in [9.17, 15) is 4.79 Å². The number of methoxy groups -OCH3 is 2. The lowest BCUT2D eigenvalue weighted by Gasteiger charge is -2.22. The van der Waals surface area contributed by atoms with E-state index in [0.717, 1.165) is 5.56 Å². The third-order valence-electron chi connectivity index (χ3n) is 2.69. The number of primary amides is 1. The van der Waals surface area contributed by atoms with E-state index >= 15 is 0 Å². The summed E-state index contributed by atoms with van der Waals surface area (Å²) < 4.78 is 10.3. The number of hydrogen-bond donors (Lipinski definition) is 1. The Labute approximate surface area is 95.3 Å². The summed E-state index contributed by atoms with van der Waals surface area (Å²) in [6, 6.07) is 5.32. The largest absolute Gasteiger partial charge is 0.497 e. The minimum atomic E-state index is -0.748. The predicted octanol–water partition coefficient (Wildman–Crippen LogP) is 1.47. The Kier molecular flexibility index (Phi) is 3.42. The van der Waals surface area contributed by atoms with Crippen LogP contribution in [0.4, 0.5) is 0 Å². The van der Waals surface area contributed by atoms with Crippen LogP contribution in [0.15, 0.2) is 18.2 Å². The molecule has 0 spiro atoms. The van der Waals surface area contributed by atoms with Gasteiger partial charge in [0.05, 0.1) is 19.6 Å². The van der Waals surface area contributed by atoms with Crippen LogP contribution in [0, 0.1) is 0 Å². The second kappa shape index (κ2) is 4.43. The zero-order valence-electron chi connectivity index (χ0n) is 10.0. The number of benzene rings is 1. The van der Waals surface area contributed by atoms with Gasteiger partial charge < -0.3 is 15.2 Å². The Morgan fingerprint density at radius 3 is 1.88 bits per heavy atom. The summed E-state index contributed by atoms with van der Waals surface area (Å²) in [5.74, 6) is 0.898. The molecule has 0 aromatic heterocycles. The highest BCUT2D eigenvalue weighted by atomic mass is 16.5. The normalized spacial score (nSPS) is 11.0. The van der Waals surface area contributed by atoms with Crippen molar-refractivity contribution < 1.29 is 14.3 Å². The first-order valence-corrected chi connectivity index (χ1v) is 4.95. The average Bonchev–Trinajstić information content (AvgIpc) is 2.27.